The average Bonchev–Trinajstić information content (AvgIpc) is 2.39. The lowest BCUT2D eigenvalue weighted by Crippen LogP contribution is -2.51. The number of nitriles is 1. The molecule has 2 N–H and O–H groups in total. The van der Waals surface area contributed by atoms with Gasteiger partial charge in [0.15, 0.2) is 0 Å². The first kappa shape index (κ1) is 12.6. The molecular weight excluding hydrogens is 228 g/mol. The molecule has 1 amide bonds. The molecule has 0 bridgehead atoms. The van der Waals surface area contributed by atoms with Crippen LogP contribution in [0.4, 0.5) is 5.69 Å². The summed E-state index contributed by atoms with van der Waals surface area (Å²) in [6.45, 7) is 3.07. The van der Waals surface area contributed by atoms with Crippen LogP contribution in [0.1, 0.15) is 5.56 Å². The zero-order valence-corrected chi connectivity index (χ0v) is 10.2. The average molecular weight is 244 g/mol. The van der Waals surface area contributed by atoms with E-state index in [1.54, 1.807) is 17.0 Å². The molecule has 5 heteroatoms. The van der Waals surface area contributed by atoms with Crippen molar-refractivity contribution < 1.29 is 4.79 Å². The number of hydrogen-bond donors (Lipinski definition) is 1. The fraction of sp³-hybridized carbons (Fsp3) is 0.385. The number of piperazine rings is 1. The molecule has 0 atom stereocenters. The summed E-state index contributed by atoms with van der Waals surface area (Å²) in [5.41, 5.74) is 6.73. The highest BCUT2D eigenvalue weighted by Gasteiger charge is 2.25. The Kier molecular flexibility index (Phi) is 3.92. The van der Waals surface area contributed by atoms with E-state index < -0.39 is 0 Å². The van der Waals surface area contributed by atoms with Gasteiger partial charge in [-0.05, 0) is 12.1 Å². The maximum Gasteiger partial charge on any atom is 0.241 e. The summed E-state index contributed by atoms with van der Waals surface area (Å²) < 4.78 is 0. The molecule has 94 valence electrons. The zero-order valence-electron chi connectivity index (χ0n) is 10.2. The van der Waals surface area contributed by atoms with Crippen LogP contribution in [0.25, 0.3) is 0 Å². The third kappa shape index (κ3) is 2.50. The maximum atomic E-state index is 12.1. The molecule has 1 aromatic carbocycles. The van der Waals surface area contributed by atoms with Crippen molar-refractivity contribution in [3.8, 4) is 6.07 Å². The number of nitrogens with two attached hydrogens (primary N) is 1. The standard InChI is InChI=1S/C13H16N4O/c14-5-6-16-7-8-17(13(18)10-16)12-4-2-1-3-11(12)9-15/h1-4H,5-8,10,14H2. The maximum absolute atomic E-state index is 12.1. The van der Waals surface area contributed by atoms with Gasteiger partial charge in [0, 0.05) is 26.2 Å². The first-order chi connectivity index (χ1) is 8.76. The summed E-state index contributed by atoms with van der Waals surface area (Å²) in [5.74, 6) is 0.0254. The summed E-state index contributed by atoms with van der Waals surface area (Å²) in [4.78, 5) is 15.8. The van der Waals surface area contributed by atoms with Gasteiger partial charge in [-0.15, -0.1) is 0 Å². The van der Waals surface area contributed by atoms with E-state index in [9.17, 15) is 4.79 Å². The van der Waals surface area contributed by atoms with Gasteiger partial charge in [-0.1, -0.05) is 12.1 Å². The first-order valence-corrected chi connectivity index (χ1v) is 5.98. The van der Waals surface area contributed by atoms with Crippen LogP contribution >= 0.6 is 0 Å². The summed E-state index contributed by atoms with van der Waals surface area (Å²) in [7, 11) is 0. The molecule has 18 heavy (non-hydrogen) atoms. The monoisotopic (exact) mass is 244 g/mol. The number of anilines is 1. The molecular formula is C13H16N4O. The summed E-state index contributed by atoms with van der Waals surface area (Å²) in [6, 6.07) is 9.31. The second kappa shape index (κ2) is 5.63. The van der Waals surface area contributed by atoms with Gasteiger partial charge in [-0.3, -0.25) is 9.69 Å². The molecule has 0 spiro atoms. The Labute approximate surface area is 106 Å². The second-order valence-electron chi connectivity index (χ2n) is 4.24. The van der Waals surface area contributed by atoms with Crippen LogP contribution in [-0.4, -0.2) is 43.5 Å². The number of carbonyl (C=O) groups is 1. The lowest BCUT2D eigenvalue weighted by atomic mass is 10.1. The van der Waals surface area contributed by atoms with E-state index in [1.807, 2.05) is 17.0 Å². The topological polar surface area (TPSA) is 73.4 Å². The summed E-state index contributed by atoms with van der Waals surface area (Å²) in [6.07, 6.45) is 0. The van der Waals surface area contributed by atoms with Crippen LogP contribution in [0.2, 0.25) is 0 Å². The molecule has 1 aliphatic heterocycles. The predicted octanol–water partition coefficient (Wildman–Crippen LogP) is 0.166. The zero-order chi connectivity index (χ0) is 13.0. The van der Waals surface area contributed by atoms with E-state index in [1.165, 1.54) is 0 Å². The third-order valence-electron chi connectivity index (χ3n) is 3.06. The van der Waals surface area contributed by atoms with Gasteiger partial charge in [0.2, 0.25) is 5.91 Å². The Hall–Kier alpha value is -1.90. The Morgan fingerprint density at radius 3 is 2.78 bits per heavy atom. The Morgan fingerprint density at radius 2 is 2.11 bits per heavy atom. The number of hydrogen-bond acceptors (Lipinski definition) is 4. The minimum atomic E-state index is 0.0254. The van der Waals surface area contributed by atoms with Gasteiger partial charge in [-0.2, -0.15) is 5.26 Å². The normalized spacial score (nSPS) is 16.7. The first-order valence-electron chi connectivity index (χ1n) is 5.98. The van der Waals surface area contributed by atoms with Crippen LogP contribution in [-0.2, 0) is 4.79 Å². The molecule has 1 fully saturated rings. The molecule has 5 nitrogen and oxygen atoms in total. The molecule has 0 saturated carbocycles. The van der Waals surface area contributed by atoms with Crippen molar-refractivity contribution in [2.24, 2.45) is 5.73 Å². The number of carbonyl (C=O) groups excluding carboxylic acids is 1. The number of nitrogens with zero attached hydrogens (tertiary/aromatic N) is 3. The lowest BCUT2D eigenvalue weighted by molar-refractivity contribution is -0.121. The quantitative estimate of drug-likeness (QED) is 0.822. The van der Waals surface area contributed by atoms with Gasteiger partial charge >= 0.3 is 0 Å². The number of amides is 1. The van der Waals surface area contributed by atoms with Crippen molar-refractivity contribution >= 4 is 11.6 Å². The van der Waals surface area contributed by atoms with E-state index in [2.05, 4.69) is 6.07 Å². The highest BCUT2D eigenvalue weighted by atomic mass is 16.2. The van der Waals surface area contributed by atoms with Crippen LogP contribution in [0.3, 0.4) is 0 Å². The molecule has 1 aliphatic rings. The largest absolute Gasteiger partial charge is 0.329 e. The minimum Gasteiger partial charge on any atom is -0.329 e. The second-order valence-corrected chi connectivity index (χ2v) is 4.24. The fourth-order valence-electron chi connectivity index (χ4n) is 2.15. The van der Waals surface area contributed by atoms with Gasteiger partial charge in [0.1, 0.15) is 6.07 Å². The van der Waals surface area contributed by atoms with Crippen LogP contribution < -0.4 is 10.6 Å². The van der Waals surface area contributed by atoms with Gasteiger partial charge in [-0.25, -0.2) is 0 Å². The van der Waals surface area contributed by atoms with E-state index >= 15 is 0 Å². The van der Waals surface area contributed by atoms with E-state index in [4.69, 9.17) is 11.0 Å². The van der Waals surface area contributed by atoms with Crippen molar-refractivity contribution in [3.63, 3.8) is 0 Å². The van der Waals surface area contributed by atoms with Crippen molar-refractivity contribution in [3.05, 3.63) is 29.8 Å². The molecule has 2 rings (SSSR count). The van der Waals surface area contributed by atoms with Crippen molar-refractivity contribution in [2.75, 3.05) is 37.6 Å². The number of benzene rings is 1. The highest BCUT2D eigenvalue weighted by molar-refractivity contribution is 5.96. The number of rotatable bonds is 3. The van der Waals surface area contributed by atoms with Gasteiger partial charge < -0.3 is 10.6 Å². The molecule has 0 aliphatic carbocycles. The van der Waals surface area contributed by atoms with Crippen LogP contribution in [0, 0.1) is 11.3 Å². The SMILES string of the molecule is N#Cc1ccccc1N1CCN(CCN)CC1=O. The van der Waals surface area contributed by atoms with E-state index in [0.29, 0.717) is 30.9 Å². The minimum absolute atomic E-state index is 0.0254. The van der Waals surface area contributed by atoms with Gasteiger partial charge in [0.05, 0.1) is 17.8 Å². The molecule has 0 aromatic heterocycles. The van der Waals surface area contributed by atoms with Gasteiger partial charge in [0.25, 0.3) is 0 Å². The fourth-order valence-corrected chi connectivity index (χ4v) is 2.15. The molecule has 1 aromatic rings. The smallest absolute Gasteiger partial charge is 0.241 e. The van der Waals surface area contributed by atoms with Crippen LogP contribution in [0.15, 0.2) is 24.3 Å². The number of para-hydroxylation sites is 1. The van der Waals surface area contributed by atoms with E-state index in [0.717, 1.165) is 13.1 Å². The Morgan fingerprint density at radius 1 is 1.33 bits per heavy atom. The highest BCUT2D eigenvalue weighted by Crippen LogP contribution is 2.21. The summed E-state index contributed by atoms with van der Waals surface area (Å²) in [5, 5.41) is 9.06. The summed E-state index contributed by atoms with van der Waals surface area (Å²) >= 11 is 0. The predicted molar refractivity (Wildman–Crippen MR) is 69.0 cm³/mol. The molecule has 0 radical (unpaired) electrons. The van der Waals surface area contributed by atoms with Crippen LogP contribution in [0.5, 0.6) is 0 Å². The molecule has 1 heterocycles. The third-order valence-corrected chi connectivity index (χ3v) is 3.06. The Bertz CT molecular complexity index is 480. The van der Waals surface area contributed by atoms with Crippen molar-refractivity contribution in [1.82, 2.24) is 4.90 Å². The van der Waals surface area contributed by atoms with Crippen molar-refractivity contribution in [2.45, 2.75) is 0 Å². The Balaban J connectivity index is 2.16. The molecule has 1 saturated heterocycles. The molecule has 0 unspecified atom stereocenters. The van der Waals surface area contributed by atoms with Crippen molar-refractivity contribution in [1.29, 1.82) is 5.26 Å². The lowest BCUT2D eigenvalue weighted by Gasteiger charge is -2.34. The van der Waals surface area contributed by atoms with E-state index in [-0.39, 0.29) is 5.91 Å².